The van der Waals surface area contributed by atoms with Crippen molar-refractivity contribution in [2.24, 2.45) is 5.73 Å². The SMILES string of the molecule is Cc1ccc(Cl)c(OCn2ccc(C(=O)Nc3c(C(N)=O)sc4nc(C(F)F)cc(-c5ccc(C)s5)c34)n2)c1. The number of carbonyl (C=O) groups is 2. The van der Waals surface area contributed by atoms with Gasteiger partial charge in [0.2, 0.25) is 0 Å². The van der Waals surface area contributed by atoms with E-state index >= 15 is 0 Å². The molecule has 0 aliphatic rings. The predicted molar refractivity (Wildman–Crippen MR) is 148 cm³/mol. The molecule has 0 saturated carbocycles. The molecule has 0 atom stereocenters. The minimum Gasteiger partial charge on any atom is -0.470 e. The summed E-state index contributed by atoms with van der Waals surface area (Å²) in [4.78, 5) is 31.4. The number of amides is 2. The molecule has 0 aliphatic heterocycles. The third kappa shape index (κ3) is 5.49. The third-order valence-corrected chi connectivity index (χ3v) is 8.13. The van der Waals surface area contributed by atoms with E-state index in [2.05, 4.69) is 15.4 Å². The van der Waals surface area contributed by atoms with E-state index in [1.54, 1.807) is 24.4 Å². The van der Waals surface area contributed by atoms with Crippen LogP contribution < -0.4 is 15.8 Å². The second kappa shape index (κ2) is 10.7. The summed E-state index contributed by atoms with van der Waals surface area (Å²) in [5, 5.41) is 7.75. The van der Waals surface area contributed by atoms with E-state index in [0.717, 1.165) is 21.8 Å². The average Bonchev–Trinajstić information content (AvgIpc) is 3.63. The van der Waals surface area contributed by atoms with Crippen molar-refractivity contribution < 1.29 is 23.1 Å². The van der Waals surface area contributed by atoms with Crippen LogP contribution in [0.2, 0.25) is 5.02 Å². The van der Waals surface area contributed by atoms with Crippen LogP contribution in [0.4, 0.5) is 14.5 Å². The fourth-order valence-electron chi connectivity index (χ4n) is 3.88. The van der Waals surface area contributed by atoms with Gasteiger partial charge in [-0.05, 0) is 55.8 Å². The molecule has 1 aromatic carbocycles. The molecule has 13 heteroatoms. The van der Waals surface area contributed by atoms with E-state index in [-0.39, 0.29) is 27.8 Å². The highest BCUT2D eigenvalue weighted by atomic mass is 35.5. The van der Waals surface area contributed by atoms with Crippen LogP contribution in [-0.4, -0.2) is 26.6 Å². The van der Waals surface area contributed by atoms with Gasteiger partial charge in [-0.1, -0.05) is 17.7 Å². The number of nitrogens with one attached hydrogen (secondary N) is 1. The summed E-state index contributed by atoms with van der Waals surface area (Å²) < 4.78 is 34.5. The number of rotatable bonds is 8. The van der Waals surface area contributed by atoms with Gasteiger partial charge in [0.05, 0.1) is 10.7 Å². The monoisotopic (exact) mass is 587 g/mol. The van der Waals surface area contributed by atoms with Gasteiger partial charge in [0.1, 0.15) is 21.2 Å². The number of ether oxygens (including phenoxy) is 1. The Hall–Kier alpha value is -3.87. The van der Waals surface area contributed by atoms with Gasteiger partial charge in [-0.3, -0.25) is 9.59 Å². The van der Waals surface area contributed by atoms with Crippen LogP contribution in [0, 0.1) is 13.8 Å². The molecular weight excluding hydrogens is 568 g/mol. The normalized spacial score (nSPS) is 11.3. The smallest absolute Gasteiger partial charge is 0.280 e. The van der Waals surface area contributed by atoms with Crippen molar-refractivity contribution in [1.29, 1.82) is 0 Å². The van der Waals surface area contributed by atoms with Crippen LogP contribution in [0.25, 0.3) is 20.7 Å². The molecule has 4 aromatic heterocycles. The molecule has 39 heavy (non-hydrogen) atoms. The number of fused-ring (bicyclic) bond motifs is 1. The lowest BCUT2D eigenvalue weighted by molar-refractivity contribution is 0.100. The number of carbonyl (C=O) groups excluding carboxylic acids is 2. The lowest BCUT2D eigenvalue weighted by Crippen LogP contribution is -2.17. The van der Waals surface area contributed by atoms with Crippen LogP contribution in [0.15, 0.2) is 48.7 Å². The number of nitrogens with zero attached hydrogens (tertiary/aromatic N) is 3. The zero-order valence-corrected chi connectivity index (χ0v) is 22.9. The molecule has 8 nitrogen and oxygen atoms in total. The van der Waals surface area contributed by atoms with E-state index in [4.69, 9.17) is 22.1 Å². The second-order valence-electron chi connectivity index (χ2n) is 8.56. The summed E-state index contributed by atoms with van der Waals surface area (Å²) in [5.41, 5.74) is 6.69. The maximum absolute atomic E-state index is 13.7. The number of benzene rings is 1. The van der Waals surface area contributed by atoms with E-state index in [1.807, 2.05) is 26.0 Å². The van der Waals surface area contributed by atoms with Crippen LogP contribution in [0.5, 0.6) is 5.75 Å². The number of halogens is 3. The summed E-state index contributed by atoms with van der Waals surface area (Å²) in [7, 11) is 0. The number of pyridine rings is 1. The first kappa shape index (κ1) is 26.7. The lowest BCUT2D eigenvalue weighted by Gasteiger charge is -2.10. The molecule has 0 saturated heterocycles. The van der Waals surface area contributed by atoms with Gasteiger partial charge >= 0.3 is 0 Å². The number of thiophene rings is 2. The van der Waals surface area contributed by atoms with E-state index in [9.17, 15) is 18.4 Å². The van der Waals surface area contributed by atoms with Crippen LogP contribution >= 0.6 is 34.3 Å². The van der Waals surface area contributed by atoms with E-state index < -0.39 is 23.9 Å². The number of anilines is 1. The number of aryl methyl sites for hydroxylation is 2. The Morgan fingerprint density at radius 3 is 2.64 bits per heavy atom. The number of alkyl halides is 2. The Labute approximate surface area is 234 Å². The van der Waals surface area contributed by atoms with Gasteiger partial charge in [-0.2, -0.15) is 5.10 Å². The fraction of sp³-hybridized carbons (Fsp3) is 0.154. The molecule has 0 bridgehead atoms. The molecule has 0 spiro atoms. The largest absolute Gasteiger partial charge is 0.470 e. The molecule has 2 amide bonds. The van der Waals surface area contributed by atoms with Crippen LogP contribution in [-0.2, 0) is 6.73 Å². The number of hydrogen-bond acceptors (Lipinski definition) is 7. The molecule has 0 aliphatic carbocycles. The van der Waals surface area contributed by atoms with E-state index in [0.29, 0.717) is 26.6 Å². The number of primary amides is 1. The Balaban J connectivity index is 1.48. The maximum Gasteiger partial charge on any atom is 0.280 e. The number of hydrogen-bond donors (Lipinski definition) is 2. The van der Waals surface area contributed by atoms with Crippen molar-refractivity contribution in [1.82, 2.24) is 14.8 Å². The van der Waals surface area contributed by atoms with Gasteiger partial charge in [-0.25, -0.2) is 18.4 Å². The first-order valence-electron chi connectivity index (χ1n) is 11.5. The fourth-order valence-corrected chi connectivity index (χ4v) is 5.96. The summed E-state index contributed by atoms with van der Waals surface area (Å²) in [6.45, 7) is 3.79. The molecular formula is C26H20ClF2N5O3S2. The molecule has 4 heterocycles. The summed E-state index contributed by atoms with van der Waals surface area (Å²) >= 11 is 8.40. The van der Waals surface area contributed by atoms with Crippen LogP contribution in [0.1, 0.15) is 42.7 Å². The maximum atomic E-state index is 13.7. The summed E-state index contributed by atoms with van der Waals surface area (Å²) in [5.74, 6) is -0.981. The zero-order valence-electron chi connectivity index (χ0n) is 20.5. The minimum absolute atomic E-state index is 0.00737. The Morgan fingerprint density at radius 2 is 1.95 bits per heavy atom. The second-order valence-corrected chi connectivity index (χ2v) is 11.3. The number of nitrogens with two attached hydrogens (primary N) is 1. The molecule has 200 valence electrons. The van der Waals surface area contributed by atoms with Gasteiger partial charge < -0.3 is 15.8 Å². The van der Waals surface area contributed by atoms with Gasteiger partial charge in [0.15, 0.2) is 12.4 Å². The quantitative estimate of drug-likeness (QED) is 0.207. The molecule has 3 N–H and O–H groups in total. The first-order chi connectivity index (χ1) is 18.6. The molecule has 5 aromatic rings. The van der Waals surface area contributed by atoms with Crippen molar-refractivity contribution in [2.75, 3.05) is 5.32 Å². The molecule has 0 fully saturated rings. The average molecular weight is 588 g/mol. The topological polar surface area (TPSA) is 112 Å². The first-order valence-corrected chi connectivity index (χ1v) is 13.5. The van der Waals surface area contributed by atoms with Crippen molar-refractivity contribution in [3.8, 4) is 16.2 Å². The highest BCUT2D eigenvalue weighted by molar-refractivity contribution is 7.21. The Kier molecular flexibility index (Phi) is 7.34. The summed E-state index contributed by atoms with van der Waals surface area (Å²) in [6, 6.07) is 11.8. The van der Waals surface area contributed by atoms with Crippen molar-refractivity contribution in [3.05, 3.63) is 80.4 Å². The molecule has 5 rings (SSSR count). The lowest BCUT2D eigenvalue weighted by atomic mass is 10.1. The van der Waals surface area contributed by atoms with Crippen molar-refractivity contribution in [2.45, 2.75) is 27.0 Å². The Bertz CT molecular complexity index is 1730. The summed E-state index contributed by atoms with van der Waals surface area (Å²) in [6.07, 6.45) is -1.28. The van der Waals surface area contributed by atoms with Crippen LogP contribution in [0.3, 0.4) is 0 Å². The standard InChI is InChI=1S/C26H20ClF2N5O3S2/c1-12-3-5-15(27)18(9-12)37-11-34-8-7-16(33-34)25(36)32-21-20-14(19-6-4-13(2)38-19)10-17(23(28)29)31-26(20)39-22(21)24(30)35/h3-10,23H,11H2,1-2H3,(H2,30,35)(H,32,36). The van der Waals surface area contributed by atoms with Crippen molar-refractivity contribution in [3.63, 3.8) is 0 Å². The third-order valence-electron chi connectivity index (χ3n) is 5.69. The predicted octanol–water partition coefficient (Wildman–Crippen LogP) is 6.82. The van der Waals surface area contributed by atoms with Gasteiger partial charge in [0, 0.05) is 26.9 Å². The zero-order chi connectivity index (χ0) is 27.8. The minimum atomic E-state index is -2.83. The van der Waals surface area contributed by atoms with Gasteiger partial charge in [-0.15, -0.1) is 22.7 Å². The highest BCUT2D eigenvalue weighted by Crippen LogP contribution is 2.44. The van der Waals surface area contributed by atoms with Gasteiger partial charge in [0.25, 0.3) is 18.2 Å². The van der Waals surface area contributed by atoms with E-state index in [1.165, 1.54) is 28.2 Å². The molecule has 0 radical (unpaired) electrons. The van der Waals surface area contributed by atoms with Crippen molar-refractivity contribution >= 4 is 62.0 Å². The Morgan fingerprint density at radius 1 is 1.15 bits per heavy atom. The molecule has 0 unspecified atom stereocenters. The highest BCUT2D eigenvalue weighted by Gasteiger charge is 2.26. The number of aromatic nitrogens is 3.